The minimum absolute atomic E-state index is 0.0316. The Labute approximate surface area is 49.2 Å². The first-order valence-electron chi connectivity index (χ1n) is 2.30. The fraction of sp³-hybridized carbons (Fsp3) is 0.500. The summed E-state index contributed by atoms with van der Waals surface area (Å²) in [6.07, 6.45) is 3.59. The van der Waals surface area contributed by atoms with Crippen LogP contribution in [-0.4, -0.2) is 16.4 Å². The molecule has 0 aromatic heterocycles. The van der Waals surface area contributed by atoms with E-state index in [2.05, 4.69) is 0 Å². The first-order valence-corrected chi connectivity index (χ1v) is 3.30. The molecule has 0 spiro atoms. The molecule has 0 saturated carbocycles. The molecule has 2 aliphatic rings. The summed E-state index contributed by atoms with van der Waals surface area (Å²) in [5, 5.41) is 0. The third kappa shape index (κ3) is 0.476. The normalized spacial score (nSPS) is 50.8. The first kappa shape index (κ1) is 4.67. The Kier molecular flexibility index (Phi) is 0.817. The largest absolute Gasteiger partial charge is 0.306 e. The third-order valence-corrected chi connectivity index (χ3v) is 1.95. The van der Waals surface area contributed by atoms with E-state index in [1.807, 2.05) is 12.2 Å². The van der Waals surface area contributed by atoms with Gasteiger partial charge >= 0.3 is 11.4 Å². The lowest BCUT2D eigenvalue weighted by molar-refractivity contribution is 0.208. The van der Waals surface area contributed by atoms with Gasteiger partial charge in [-0.25, -0.2) is 0 Å². The molecule has 44 valence electrons. The third-order valence-electron chi connectivity index (χ3n) is 1.19. The Morgan fingerprint density at radius 2 is 1.75 bits per heavy atom. The molecule has 0 aromatic rings. The Morgan fingerprint density at radius 3 is 2.00 bits per heavy atom. The van der Waals surface area contributed by atoms with E-state index >= 15 is 0 Å². The summed E-state index contributed by atoms with van der Waals surface area (Å²) in [7, 11) is 0. The Hall–Kier alpha value is -0.190. The predicted molar refractivity (Wildman–Crippen MR) is 27.0 cm³/mol. The first-order chi connectivity index (χ1) is 3.86. The minimum Gasteiger partial charge on any atom is -0.258 e. The second-order valence-electron chi connectivity index (χ2n) is 1.71. The molecule has 1 saturated heterocycles. The summed E-state index contributed by atoms with van der Waals surface area (Å²) in [6, 6.07) is 0. The van der Waals surface area contributed by atoms with Gasteiger partial charge in [-0.15, -0.1) is 0 Å². The Balaban J connectivity index is 2.20. The second kappa shape index (κ2) is 1.40. The zero-order chi connectivity index (χ0) is 5.56. The average Bonchev–Trinajstić information content (AvgIpc) is 1.91. The fourth-order valence-corrected chi connectivity index (χ4v) is 1.43. The number of hydrogen-bond donors (Lipinski definition) is 0. The zero-order valence-electron chi connectivity index (χ0n) is 3.94. The van der Waals surface area contributed by atoms with Gasteiger partial charge in [0.05, 0.1) is 0 Å². The SMILES string of the molecule is O=S1O[C@H]2C=C[C@H]2O1. The molecule has 0 N–H and O–H groups in total. The molecule has 0 radical (unpaired) electrons. The van der Waals surface area contributed by atoms with Gasteiger partial charge in [-0.2, -0.15) is 4.21 Å². The molecule has 4 heteroatoms. The molecule has 3 atom stereocenters. The fourth-order valence-electron chi connectivity index (χ4n) is 0.670. The number of fused-ring (bicyclic) bond motifs is 1. The van der Waals surface area contributed by atoms with Gasteiger partial charge in [0.25, 0.3) is 0 Å². The van der Waals surface area contributed by atoms with Crippen LogP contribution < -0.4 is 0 Å². The van der Waals surface area contributed by atoms with Crippen LogP contribution in [0.25, 0.3) is 0 Å². The summed E-state index contributed by atoms with van der Waals surface area (Å²) in [5.74, 6) is 0. The van der Waals surface area contributed by atoms with Crippen molar-refractivity contribution < 1.29 is 12.6 Å². The van der Waals surface area contributed by atoms with Crippen molar-refractivity contribution >= 4 is 11.4 Å². The van der Waals surface area contributed by atoms with E-state index in [0.29, 0.717) is 0 Å². The summed E-state index contributed by atoms with van der Waals surface area (Å²) in [4.78, 5) is 0. The predicted octanol–water partition coefficient (Wildman–Crippen LogP) is -0.0811. The van der Waals surface area contributed by atoms with E-state index in [1.165, 1.54) is 0 Å². The summed E-state index contributed by atoms with van der Waals surface area (Å²) < 4.78 is 19.8. The van der Waals surface area contributed by atoms with Crippen LogP contribution in [0.2, 0.25) is 0 Å². The van der Waals surface area contributed by atoms with Crippen molar-refractivity contribution in [3.63, 3.8) is 0 Å². The van der Waals surface area contributed by atoms with Crippen molar-refractivity contribution in [2.45, 2.75) is 12.2 Å². The van der Waals surface area contributed by atoms with E-state index in [9.17, 15) is 4.21 Å². The van der Waals surface area contributed by atoms with E-state index in [0.717, 1.165) is 0 Å². The lowest BCUT2D eigenvalue weighted by Gasteiger charge is -2.13. The number of hydrogen-bond acceptors (Lipinski definition) is 3. The monoisotopic (exact) mass is 132 g/mol. The van der Waals surface area contributed by atoms with E-state index in [-0.39, 0.29) is 12.2 Å². The standard InChI is InChI=1S/C4H4O3S/c5-8-6-3-1-2-4(3)7-8/h1-4H/t3-,4+,8?. The van der Waals surface area contributed by atoms with Crippen LogP contribution in [0.1, 0.15) is 0 Å². The Bertz CT molecular complexity index is 149. The quantitative estimate of drug-likeness (QED) is 0.432. The van der Waals surface area contributed by atoms with Crippen LogP contribution in [0.15, 0.2) is 12.2 Å². The smallest absolute Gasteiger partial charge is 0.258 e. The van der Waals surface area contributed by atoms with Gasteiger partial charge in [0.15, 0.2) is 0 Å². The lowest BCUT2D eigenvalue weighted by atomic mass is 10.0. The van der Waals surface area contributed by atoms with Gasteiger partial charge in [0.1, 0.15) is 12.2 Å². The molecule has 1 fully saturated rings. The van der Waals surface area contributed by atoms with Crippen molar-refractivity contribution in [1.29, 1.82) is 0 Å². The average molecular weight is 132 g/mol. The second-order valence-corrected chi connectivity index (χ2v) is 2.50. The Morgan fingerprint density at radius 1 is 1.25 bits per heavy atom. The van der Waals surface area contributed by atoms with Gasteiger partial charge in [0.2, 0.25) is 0 Å². The van der Waals surface area contributed by atoms with Crippen molar-refractivity contribution in [2.24, 2.45) is 0 Å². The molecule has 0 bridgehead atoms. The molecule has 3 nitrogen and oxygen atoms in total. The molecule has 2 rings (SSSR count). The minimum atomic E-state index is -1.48. The van der Waals surface area contributed by atoms with Gasteiger partial charge in [-0.1, -0.05) is 12.2 Å². The highest BCUT2D eigenvalue weighted by Gasteiger charge is 2.36. The molecule has 1 aliphatic carbocycles. The van der Waals surface area contributed by atoms with Crippen molar-refractivity contribution in [2.75, 3.05) is 0 Å². The summed E-state index contributed by atoms with van der Waals surface area (Å²) in [5.41, 5.74) is 0. The highest BCUT2D eigenvalue weighted by molar-refractivity contribution is 7.75. The van der Waals surface area contributed by atoms with Gasteiger partial charge in [0, 0.05) is 0 Å². The molecular formula is C4H4O3S. The topological polar surface area (TPSA) is 35.5 Å². The molecule has 0 amide bonds. The van der Waals surface area contributed by atoms with Gasteiger partial charge in [-0.05, 0) is 0 Å². The lowest BCUT2D eigenvalue weighted by Crippen LogP contribution is -2.25. The van der Waals surface area contributed by atoms with Crippen molar-refractivity contribution in [1.82, 2.24) is 0 Å². The van der Waals surface area contributed by atoms with E-state index < -0.39 is 11.4 Å². The van der Waals surface area contributed by atoms with E-state index in [4.69, 9.17) is 8.37 Å². The highest BCUT2D eigenvalue weighted by atomic mass is 32.2. The molecular weight excluding hydrogens is 128 g/mol. The van der Waals surface area contributed by atoms with Crippen molar-refractivity contribution in [3.8, 4) is 0 Å². The molecule has 1 unspecified atom stereocenters. The maximum Gasteiger partial charge on any atom is 0.306 e. The maximum atomic E-state index is 10.3. The molecule has 1 heterocycles. The van der Waals surface area contributed by atoms with Crippen LogP contribution in [0, 0.1) is 0 Å². The van der Waals surface area contributed by atoms with Crippen molar-refractivity contribution in [3.05, 3.63) is 12.2 Å². The molecule has 8 heavy (non-hydrogen) atoms. The van der Waals surface area contributed by atoms with Crippen LogP contribution in [0.4, 0.5) is 0 Å². The van der Waals surface area contributed by atoms with Gasteiger partial charge < -0.3 is 0 Å². The van der Waals surface area contributed by atoms with Crippen LogP contribution in [0.3, 0.4) is 0 Å². The number of rotatable bonds is 0. The highest BCUT2D eigenvalue weighted by Crippen LogP contribution is 2.26. The van der Waals surface area contributed by atoms with Gasteiger partial charge in [-0.3, -0.25) is 8.37 Å². The van der Waals surface area contributed by atoms with Crippen LogP contribution >= 0.6 is 0 Å². The van der Waals surface area contributed by atoms with Crippen LogP contribution in [0.5, 0.6) is 0 Å². The molecule has 0 aromatic carbocycles. The van der Waals surface area contributed by atoms with Crippen LogP contribution in [-0.2, 0) is 19.7 Å². The molecule has 1 aliphatic heterocycles. The van der Waals surface area contributed by atoms with E-state index in [1.54, 1.807) is 0 Å². The summed E-state index contributed by atoms with van der Waals surface area (Å²) in [6.45, 7) is 0. The maximum absolute atomic E-state index is 10.3. The zero-order valence-corrected chi connectivity index (χ0v) is 4.76. The summed E-state index contributed by atoms with van der Waals surface area (Å²) >= 11 is -1.48.